The standard InChI is InChI=1S/C18H14F2N4O/c19-13-6-7-15(14(20)8-13)24-17-9-16(22-11-23-17)18(25)21-10-12-4-2-1-3-5-12/h1-9,11H,10H2,(H,21,25)(H,22,23,24). The molecule has 3 rings (SSSR count). The lowest BCUT2D eigenvalue weighted by Gasteiger charge is -2.08. The highest BCUT2D eigenvalue weighted by molar-refractivity contribution is 5.92. The third kappa shape index (κ3) is 4.35. The van der Waals surface area contributed by atoms with Crippen molar-refractivity contribution in [2.75, 3.05) is 5.32 Å². The second kappa shape index (κ2) is 7.48. The third-order valence-electron chi connectivity index (χ3n) is 3.39. The van der Waals surface area contributed by atoms with Gasteiger partial charge in [-0.3, -0.25) is 4.79 Å². The van der Waals surface area contributed by atoms with Crippen LogP contribution in [0.2, 0.25) is 0 Å². The molecule has 2 aromatic carbocycles. The smallest absolute Gasteiger partial charge is 0.270 e. The Morgan fingerprint density at radius 2 is 1.80 bits per heavy atom. The number of carbonyl (C=O) groups excluding carboxylic acids is 1. The first kappa shape index (κ1) is 16.5. The van der Waals surface area contributed by atoms with Gasteiger partial charge in [0.1, 0.15) is 29.5 Å². The molecule has 126 valence electrons. The average molecular weight is 340 g/mol. The summed E-state index contributed by atoms with van der Waals surface area (Å²) >= 11 is 0. The summed E-state index contributed by atoms with van der Waals surface area (Å²) in [6.07, 6.45) is 1.20. The first-order valence-electron chi connectivity index (χ1n) is 7.48. The summed E-state index contributed by atoms with van der Waals surface area (Å²) in [7, 11) is 0. The van der Waals surface area contributed by atoms with Crippen LogP contribution in [0.5, 0.6) is 0 Å². The number of hydrogen-bond donors (Lipinski definition) is 2. The fourth-order valence-electron chi connectivity index (χ4n) is 2.15. The van der Waals surface area contributed by atoms with Gasteiger partial charge in [-0.15, -0.1) is 0 Å². The van der Waals surface area contributed by atoms with Gasteiger partial charge in [0.2, 0.25) is 0 Å². The van der Waals surface area contributed by atoms with E-state index in [2.05, 4.69) is 20.6 Å². The maximum Gasteiger partial charge on any atom is 0.270 e. The predicted octanol–water partition coefficient (Wildman–Crippen LogP) is 3.43. The topological polar surface area (TPSA) is 66.9 Å². The molecule has 0 aliphatic carbocycles. The van der Waals surface area contributed by atoms with Crippen molar-refractivity contribution < 1.29 is 13.6 Å². The number of nitrogens with zero attached hydrogens (tertiary/aromatic N) is 2. The molecule has 3 aromatic rings. The van der Waals surface area contributed by atoms with Crippen molar-refractivity contribution in [3.63, 3.8) is 0 Å². The fourth-order valence-corrected chi connectivity index (χ4v) is 2.15. The molecule has 1 amide bonds. The van der Waals surface area contributed by atoms with E-state index in [1.807, 2.05) is 30.3 Å². The Morgan fingerprint density at radius 3 is 2.56 bits per heavy atom. The van der Waals surface area contributed by atoms with E-state index in [0.717, 1.165) is 17.7 Å². The molecular formula is C18H14F2N4O. The van der Waals surface area contributed by atoms with Gasteiger partial charge in [-0.05, 0) is 17.7 Å². The molecule has 7 heteroatoms. The maximum atomic E-state index is 13.7. The summed E-state index contributed by atoms with van der Waals surface area (Å²) in [5, 5.41) is 5.44. The summed E-state index contributed by atoms with van der Waals surface area (Å²) in [4.78, 5) is 20.0. The molecule has 0 saturated carbocycles. The molecule has 0 atom stereocenters. The number of anilines is 2. The summed E-state index contributed by atoms with van der Waals surface area (Å²) in [5.41, 5.74) is 1.14. The Kier molecular flexibility index (Phi) is 4.94. The highest BCUT2D eigenvalue weighted by Crippen LogP contribution is 2.19. The fraction of sp³-hybridized carbons (Fsp3) is 0.0556. The number of aromatic nitrogens is 2. The number of rotatable bonds is 5. The van der Waals surface area contributed by atoms with Crippen molar-refractivity contribution in [2.24, 2.45) is 0 Å². The van der Waals surface area contributed by atoms with E-state index in [9.17, 15) is 13.6 Å². The van der Waals surface area contributed by atoms with Crippen LogP contribution in [0, 0.1) is 11.6 Å². The lowest BCUT2D eigenvalue weighted by Crippen LogP contribution is -2.24. The van der Waals surface area contributed by atoms with Crippen molar-refractivity contribution in [1.29, 1.82) is 0 Å². The molecular weight excluding hydrogens is 326 g/mol. The Labute approximate surface area is 142 Å². The Hall–Kier alpha value is -3.35. The van der Waals surface area contributed by atoms with E-state index in [-0.39, 0.29) is 23.1 Å². The molecule has 5 nitrogen and oxygen atoms in total. The number of amides is 1. The van der Waals surface area contributed by atoms with Crippen LogP contribution < -0.4 is 10.6 Å². The van der Waals surface area contributed by atoms with Gasteiger partial charge >= 0.3 is 0 Å². The lowest BCUT2D eigenvalue weighted by atomic mass is 10.2. The van der Waals surface area contributed by atoms with E-state index in [0.29, 0.717) is 6.54 Å². The minimum absolute atomic E-state index is 0.0516. The zero-order chi connectivity index (χ0) is 17.6. The number of hydrogen-bond acceptors (Lipinski definition) is 4. The van der Waals surface area contributed by atoms with Crippen molar-refractivity contribution in [1.82, 2.24) is 15.3 Å². The predicted molar refractivity (Wildman–Crippen MR) is 89.3 cm³/mol. The van der Waals surface area contributed by atoms with Gasteiger partial charge in [-0.1, -0.05) is 30.3 Å². The monoisotopic (exact) mass is 340 g/mol. The molecule has 0 spiro atoms. The Balaban J connectivity index is 1.69. The average Bonchev–Trinajstić information content (AvgIpc) is 2.63. The molecule has 0 saturated heterocycles. The quantitative estimate of drug-likeness (QED) is 0.747. The Morgan fingerprint density at radius 1 is 1.00 bits per heavy atom. The third-order valence-corrected chi connectivity index (χ3v) is 3.39. The van der Waals surface area contributed by atoms with Gasteiger partial charge in [0.05, 0.1) is 5.69 Å². The van der Waals surface area contributed by atoms with Gasteiger partial charge in [0, 0.05) is 18.7 Å². The van der Waals surface area contributed by atoms with Gasteiger partial charge in [-0.2, -0.15) is 0 Å². The molecule has 0 aliphatic rings. The van der Waals surface area contributed by atoms with Gasteiger partial charge in [0.15, 0.2) is 0 Å². The minimum atomic E-state index is -0.756. The Bertz CT molecular complexity index is 887. The van der Waals surface area contributed by atoms with E-state index >= 15 is 0 Å². The second-order valence-electron chi connectivity index (χ2n) is 5.21. The van der Waals surface area contributed by atoms with E-state index in [4.69, 9.17) is 0 Å². The summed E-state index contributed by atoms with van der Waals surface area (Å²) in [5.74, 6) is -1.58. The van der Waals surface area contributed by atoms with Crippen molar-refractivity contribution >= 4 is 17.4 Å². The van der Waals surface area contributed by atoms with Crippen LogP contribution in [0.15, 0.2) is 60.9 Å². The van der Waals surface area contributed by atoms with Gasteiger partial charge < -0.3 is 10.6 Å². The van der Waals surface area contributed by atoms with Crippen LogP contribution in [0.3, 0.4) is 0 Å². The van der Waals surface area contributed by atoms with E-state index in [1.54, 1.807) is 0 Å². The van der Waals surface area contributed by atoms with Crippen molar-refractivity contribution in [3.05, 3.63) is 83.8 Å². The second-order valence-corrected chi connectivity index (χ2v) is 5.21. The molecule has 25 heavy (non-hydrogen) atoms. The normalized spacial score (nSPS) is 10.3. The summed E-state index contributed by atoms with van der Waals surface area (Å²) in [6.45, 7) is 0.360. The molecule has 2 N–H and O–H groups in total. The SMILES string of the molecule is O=C(NCc1ccccc1)c1cc(Nc2ccc(F)cc2F)ncn1. The highest BCUT2D eigenvalue weighted by atomic mass is 19.1. The molecule has 0 radical (unpaired) electrons. The summed E-state index contributed by atoms with van der Waals surface area (Å²) < 4.78 is 26.6. The first-order valence-corrected chi connectivity index (χ1v) is 7.48. The molecule has 1 aromatic heterocycles. The number of nitrogens with one attached hydrogen (secondary N) is 2. The minimum Gasteiger partial charge on any atom is -0.347 e. The summed E-state index contributed by atoms with van der Waals surface area (Å²) in [6, 6.07) is 14.0. The van der Waals surface area contributed by atoms with Gasteiger partial charge in [-0.25, -0.2) is 18.7 Å². The molecule has 0 fully saturated rings. The number of carbonyl (C=O) groups is 1. The van der Waals surface area contributed by atoms with Crippen LogP contribution in [-0.2, 0) is 6.54 Å². The molecule has 1 heterocycles. The van der Waals surface area contributed by atoms with Crippen LogP contribution in [-0.4, -0.2) is 15.9 Å². The zero-order valence-electron chi connectivity index (χ0n) is 13.0. The maximum absolute atomic E-state index is 13.7. The van der Waals surface area contributed by atoms with Crippen LogP contribution in [0.4, 0.5) is 20.3 Å². The van der Waals surface area contributed by atoms with Crippen LogP contribution >= 0.6 is 0 Å². The van der Waals surface area contributed by atoms with Crippen molar-refractivity contribution in [2.45, 2.75) is 6.54 Å². The van der Waals surface area contributed by atoms with Crippen LogP contribution in [0.1, 0.15) is 16.1 Å². The van der Waals surface area contributed by atoms with Crippen LogP contribution in [0.25, 0.3) is 0 Å². The van der Waals surface area contributed by atoms with E-state index in [1.165, 1.54) is 18.5 Å². The zero-order valence-corrected chi connectivity index (χ0v) is 13.0. The van der Waals surface area contributed by atoms with Gasteiger partial charge in [0.25, 0.3) is 5.91 Å². The van der Waals surface area contributed by atoms with E-state index < -0.39 is 11.6 Å². The molecule has 0 bridgehead atoms. The molecule has 0 unspecified atom stereocenters. The number of halogens is 2. The largest absolute Gasteiger partial charge is 0.347 e. The van der Waals surface area contributed by atoms with Crippen molar-refractivity contribution in [3.8, 4) is 0 Å². The number of benzene rings is 2. The lowest BCUT2D eigenvalue weighted by molar-refractivity contribution is 0.0946. The highest BCUT2D eigenvalue weighted by Gasteiger charge is 2.10. The first-order chi connectivity index (χ1) is 12.1. The molecule has 0 aliphatic heterocycles.